The molecule has 33 heavy (non-hydrogen) atoms. The molecule has 0 heterocycles. The zero-order chi connectivity index (χ0) is 24.2. The summed E-state index contributed by atoms with van der Waals surface area (Å²) in [6.07, 6.45) is 13.1. The summed E-state index contributed by atoms with van der Waals surface area (Å²) in [5.41, 5.74) is 6.30. The Balaban J connectivity index is 1.55. The van der Waals surface area contributed by atoms with Gasteiger partial charge in [-0.05, 0) is 97.2 Å². The third kappa shape index (κ3) is 3.73. The Morgan fingerprint density at radius 1 is 1.00 bits per heavy atom. The number of hydrogen-bond donors (Lipinski definition) is 3. The van der Waals surface area contributed by atoms with Crippen LogP contribution in [0.1, 0.15) is 119 Å². The number of nitrogens with one attached hydrogen (secondary N) is 1. The van der Waals surface area contributed by atoms with E-state index in [0.717, 1.165) is 31.6 Å². The van der Waals surface area contributed by atoms with E-state index in [-0.39, 0.29) is 22.8 Å². The van der Waals surface area contributed by atoms with Crippen LogP contribution in [0.2, 0.25) is 0 Å². The predicted octanol–water partition coefficient (Wildman–Crippen LogP) is 6.80. The van der Waals surface area contributed by atoms with Crippen molar-refractivity contribution in [1.29, 1.82) is 0 Å². The number of hydroxylamine groups is 1. The van der Waals surface area contributed by atoms with Crippen molar-refractivity contribution in [2.75, 3.05) is 0 Å². The molecule has 0 aromatic rings. The van der Waals surface area contributed by atoms with Gasteiger partial charge in [0.25, 0.3) is 0 Å². The topological polar surface area (TPSA) is 69.6 Å². The highest BCUT2D eigenvalue weighted by Gasteiger charge is 2.63. The first-order chi connectivity index (χ1) is 15.4. The van der Waals surface area contributed by atoms with Gasteiger partial charge in [-0.15, -0.1) is 0 Å². The molecule has 0 radical (unpaired) electrons. The Labute approximate surface area is 201 Å². The summed E-state index contributed by atoms with van der Waals surface area (Å²) in [6, 6.07) is 0. The van der Waals surface area contributed by atoms with Gasteiger partial charge >= 0.3 is 0 Å². The highest BCUT2D eigenvalue weighted by Crippen LogP contribution is 2.72. The number of carbonyl (C=O) groups is 1. The first-order valence-electron chi connectivity index (χ1n) is 13.8. The molecule has 4 aliphatic rings. The molecule has 4 heteroatoms. The van der Waals surface area contributed by atoms with Crippen molar-refractivity contribution in [1.82, 2.24) is 5.48 Å². The average Bonchev–Trinajstić information content (AvgIpc) is 3.05. The van der Waals surface area contributed by atoms with Crippen LogP contribution in [0.15, 0.2) is 11.1 Å². The first-order valence-corrected chi connectivity index (χ1v) is 13.8. The van der Waals surface area contributed by atoms with E-state index in [1.165, 1.54) is 44.9 Å². The van der Waals surface area contributed by atoms with E-state index >= 15 is 0 Å². The molecule has 0 bridgehead atoms. The quantitative estimate of drug-likeness (QED) is 0.177. The molecule has 4 aliphatic carbocycles. The van der Waals surface area contributed by atoms with Crippen molar-refractivity contribution in [3.63, 3.8) is 0 Å². The van der Waals surface area contributed by atoms with Crippen LogP contribution >= 0.6 is 0 Å². The van der Waals surface area contributed by atoms with Crippen molar-refractivity contribution < 1.29 is 15.1 Å². The lowest BCUT2D eigenvalue weighted by Gasteiger charge is -2.62. The molecule has 1 amide bonds. The SMILES string of the molecule is C[C@H](CCCCC(=O)NO)[C@H]1CC[C@@]2(C)C3=C(CC[C@]12C)[C@@]1(C)CCC(O)C(C)(C)C1CC3. The first kappa shape index (κ1) is 25.2. The monoisotopic (exact) mass is 459 g/mol. The summed E-state index contributed by atoms with van der Waals surface area (Å²) in [6.45, 7) is 14.8. The Hall–Kier alpha value is -0.870. The van der Waals surface area contributed by atoms with Gasteiger partial charge in [0, 0.05) is 6.42 Å². The van der Waals surface area contributed by atoms with Crippen molar-refractivity contribution >= 4 is 5.91 Å². The number of rotatable bonds is 6. The molecular formula is C29H49NO3. The second-order valence-electron chi connectivity index (χ2n) is 13.5. The maximum absolute atomic E-state index is 11.3. The fourth-order valence-electron chi connectivity index (χ4n) is 9.64. The van der Waals surface area contributed by atoms with Crippen LogP contribution < -0.4 is 5.48 Å². The molecule has 2 unspecified atom stereocenters. The molecule has 7 atom stereocenters. The highest BCUT2D eigenvalue weighted by molar-refractivity contribution is 5.74. The van der Waals surface area contributed by atoms with Crippen LogP contribution in [0.3, 0.4) is 0 Å². The number of aliphatic hydroxyl groups excluding tert-OH is 1. The van der Waals surface area contributed by atoms with E-state index in [9.17, 15) is 9.90 Å². The number of fused-ring (bicyclic) bond motifs is 4. The average molecular weight is 460 g/mol. The van der Waals surface area contributed by atoms with Gasteiger partial charge in [-0.25, -0.2) is 5.48 Å². The minimum Gasteiger partial charge on any atom is -0.393 e. The standard InChI is InChI=1S/C29H49NO3/c1-19(9-7-8-10-25(32)30-33)20-13-17-29(6)22-11-12-23-26(2,3)24(31)15-16-27(23,4)21(22)14-18-28(20,29)5/h19-20,23-24,31,33H,7-18H2,1-6H3,(H,30,32)/t19-,20-,23?,24?,27-,28-,29+/m1/s1. The number of allylic oxidation sites excluding steroid dienone is 2. The molecule has 2 saturated carbocycles. The second-order valence-corrected chi connectivity index (χ2v) is 13.5. The van der Waals surface area contributed by atoms with Crippen LogP contribution in [0.4, 0.5) is 0 Å². The number of amides is 1. The largest absolute Gasteiger partial charge is 0.393 e. The lowest BCUT2D eigenvalue weighted by molar-refractivity contribution is -0.129. The molecule has 2 fully saturated rings. The van der Waals surface area contributed by atoms with Crippen LogP contribution in [0, 0.1) is 39.4 Å². The van der Waals surface area contributed by atoms with Gasteiger partial charge in [-0.2, -0.15) is 0 Å². The molecule has 0 saturated heterocycles. The van der Waals surface area contributed by atoms with E-state index in [4.69, 9.17) is 5.21 Å². The Morgan fingerprint density at radius 3 is 2.42 bits per heavy atom. The van der Waals surface area contributed by atoms with Gasteiger partial charge in [-0.1, -0.05) is 65.5 Å². The fraction of sp³-hybridized carbons (Fsp3) is 0.897. The molecule has 0 spiro atoms. The highest BCUT2D eigenvalue weighted by atomic mass is 16.5. The Bertz CT molecular complexity index is 803. The van der Waals surface area contributed by atoms with E-state index in [1.807, 2.05) is 5.57 Å². The van der Waals surface area contributed by atoms with E-state index in [0.29, 0.717) is 29.1 Å². The van der Waals surface area contributed by atoms with Crippen molar-refractivity contribution in [2.24, 2.45) is 39.4 Å². The van der Waals surface area contributed by atoms with Crippen molar-refractivity contribution in [3.8, 4) is 0 Å². The lowest BCUT2D eigenvalue weighted by Crippen LogP contribution is -2.55. The smallest absolute Gasteiger partial charge is 0.243 e. The van der Waals surface area contributed by atoms with Crippen LogP contribution in [-0.2, 0) is 4.79 Å². The maximum atomic E-state index is 11.3. The van der Waals surface area contributed by atoms with E-state index < -0.39 is 0 Å². The normalized spacial score (nSPS) is 42.8. The number of carbonyl (C=O) groups excluding carboxylic acids is 1. The summed E-state index contributed by atoms with van der Waals surface area (Å²) < 4.78 is 0. The molecule has 0 aromatic heterocycles. The van der Waals surface area contributed by atoms with Gasteiger partial charge < -0.3 is 5.11 Å². The second kappa shape index (κ2) is 8.66. The zero-order valence-electron chi connectivity index (χ0n) is 22.1. The molecule has 3 N–H and O–H groups in total. The number of aliphatic hydroxyl groups is 1. The van der Waals surface area contributed by atoms with Crippen molar-refractivity contribution in [2.45, 2.75) is 125 Å². The summed E-state index contributed by atoms with van der Waals surface area (Å²) in [5.74, 6) is 1.75. The summed E-state index contributed by atoms with van der Waals surface area (Å²) in [7, 11) is 0. The van der Waals surface area contributed by atoms with Crippen LogP contribution in [-0.4, -0.2) is 22.3 Å². The van der Waals surface area contributed by atoms with Gasteiger partial charge in [0.1, 0.15) is 0 Å². The van der Waals surface area contributed by atoms with Gasteiger partial charge in [0.2, 0.25) is 5.91 Å². The summed E-state index contributed by atoms with van der Waals surface area (Å²) in [4.78, 5) is 11.3. The van der Waals surface area contributed by atoms with Gasteiger partial charge in [-0.3, -0.25) is 10.0 Å². The van der Waals surface area contributed by atoms with Crippen LogP contribution in [0.5, 0.6) is 0 Å². The fourth-order valence-corrected chi connectivity index (χ4v) is 9.64. The maximum Gasteiger partial charge on any atom is 0.243 e. The van der Waals surface area contributed by atoms with Gasteiger partial charge in [0.15, 0.2) is 0 Å². The predicted molar refractivity (Wildman–Crippen MR) is 133 cm³/mol. The molecule has 188 valence electrons. The third-order valence-electron chi connectivity index (χ3n) is 11.9. The van der Waals surface area contributed by atoms with Crippen molar-refractivity contribution in [3.05, 3.63) is 11.1 Å². The minimum atomic E-state index is -0.266. The molecule has 0 aromatic carbocycles. The third-order valence-corrected chi connectivity index (χ3v) is 11.9. The van der Waals surface area contributed by atoms with E-state index in [1.54, 1.807) is 11.1 Å². The Morgan fingerprint density at radius 2 is 1.73 bits per heavy atom. The Kier molecular flexibility index (Phi) is 6.62. The molecule has 0 aliphatic heterocycles. The summed E-state index contributed by atoms with van der Waals surface area (Å²) in [5, 5.41) is 19.5. The van der Waals surface area contributed by atoms with E-state index in [2.05, 4.69) is 41.5 Å². The number of unbranched alkanes of at least 4 members (excludes halogenated alkanes) is 1. The minimum absolute atomic E-state index is 0.00679. The summed E-state index contributed by atoms with van der Waals surface area (Å²) >= 11 is 0. The molecule has 4 nitrogen and oxygen atoms in total. The zero-order valence-corrected chi connectivity index (χ0v) is 22.1. The lowest BCUT2D eigenvalue weighted by atomic mass is 9.43. The number of hydrogen-bond acceptors (Lipinski definition) is 3. The van der Waals surface area contributed by atoms with Crippen LogP contribution in [0.25, 0.3) is 0 Å². The van der Waals surface area contributed by atoms with Gasteiger partial charge in [0.05, 0.1) is 6.10 Å². The molecule has 4 rings (SSSR count). The molecular weight excluding hydrogens is 410 g/mol.